The first-order valence-corrected chi connectivity index (χ1v) is 8.06. The van der Waals surface area contributed by atoms with Gasteiger partial charge in [-0.15, -0.1) is 0 Å². The smallest absolute Gasteiger partial charge is 0.241 e. The average Bonchev–Trinajstić information content (AvgIpc) is 2.41. The number of ether oxygens (including phenoxy) is 1. The van der Waals surface area contributed by atoms with Crippen LogP contribution in [0.2, 0.25) is 0 Å². The van der Waals surface area contributed by atoms with Crippen LogP contribution in [0.15, 0.2) is 23.1 Å². The number of sulfonamides is 1. The number of nitrogens with one attached hydrogen (secondary N) is 1. The molecule has 1 saturated carbocycles. The molecule has 0 heterocycles. The van der Waals surface area contributed by atoms with Crippen LogP contribution in [-0.4, -0.2) is 32.8 Å². The van der Waals surface area contributed by atoms with E-state index in [9.17, 15) is 13.5 Å². The molecule has 0 aromatic heterocycles. The van der Waals surface area contributed by atoms with Crippen LogP contribution in [0.1, 0.15) is 25.7 Å². The van der Waals surface area contributed by atoms with Crippen molar-refractivity contribution in [3.05, 3.63) is 18.2 Å². The van der Waals surface area contributed by atoms with Crippen molar-refractivity contribution in [2.45, 2.75) is 42.7 Å². The van der Waals surface area contributed by atoms with Gasteiger partial charge in [-0.1, -0.05) is 12.8 Å². The molecule has 1 aliphatic rings. The highest BCUT2D eigenvalue weighted by molar-refractivity contribution is 7.89. The zero-order chi connectivity index (χ0) is 14.8. The SMILES string of the molecule is COc1cc(S(=O)(=O)NC2CCCCC2O)ccc1N. The summed E-state index contributed by atoms with van der Waals surface area (Å²) in [6.07, 6.45) is 2.48. The Labute approximate surface area is 119 Å². The van der Waals surface area contributed by atoms with Gasteiger partial charge < -0.3 is 15.6 Å². The summed E-state index contributed by atoms with van der Waals surface area (Å²) < 4.78 is 32.2. The van der Waals surface area contributed by atoms with E-state index < -0.39 is 22.2 Å². The minimum atomic E-state index is -3.69. The highest BCUT2D eigenvalue weighted by Crippen LogP contribution is 2.26. The van der Waals surface area contributed by atoms with Gasteiger partial charge in [-0.3, -0.25) is 0 Å². The Morgan fingerprint density at radius 1 is 1.35 bits per heavy atom. The number of nitrogens with two attached hydrogens (primary N) is 1. The molecule has 1 aliphatic carbocycles. The monoisotopic (exact) mass is 300 g/mol. The summed E-state index contributed by atoms with van der Waals surface area (Å²) >= 11 is 0. The molecule has 6 nitrogen and oxygen atoms in total. The minimum absolute atomic E-state index is 0.0846. The molecule has 0 saturated heterocycles. The summed E-state index contributed by atoms with van der Waals surface area (Å²) in [4.78, 5) is 0.0846. The fourth-order valence-electron chi connectivity index (χ4n) is 2.37. The van der Waals surface area contributed by atoms with E-state index in [0.29, 0.717) is 24.3 Å². The lowest BCUT2D eigenvalue weighted by Crippen LogP contribution is -2.44. The quantitative estimate of drug-likeness (QED) is 0.716. The Morgan fingerprint density at radius 2 is 2.05 bits per heavy atom. The van der Waals surface area contributed by atoms with Crippen molar-refractivity contribution in [2.24, 2.45) is 0 Å². The molecule has 1 aromatic carbocycles. The van der Waals surface area contributed by atoms with Crippen molar-refractivity contribution in [2.75, 3.05) is 12.8 Å². The second-order valence-corrected chi connectivity index (χ2v) is 6.70. The lowest BCUT2D eigenvalue weighted by Gasteiger charge is -2.28. The number of anilines is 1. The van der Waals surface area contributed by atoms with E-state index in [1.165, 1.54) is 25.3 Å². The van der Waals surface area contributed by atoms with E-state index in [0.717, 1.165) is 12.8 Å². The van der Waals surface area contributed by atoms with Crippen LogP contribution in [0.5, 0.6) is 5.75 Å². The van der Waals surface area contributed by atoms with Crippen LogP contribution in [0.25, 0.3) is 0 Å². The standard InChI is InChI=1S/C13H20N2O4S/c1-19-13-8-9(6-7-10(13)14)20(17,18)15-11-4-2-3-5-12(11)16/h6-8,11-12,15-16H,2-5,14H2,1H3. The Morgan fingerprint density at radius 3 is 2.70 bits per heavy atom. The van der Waals surface area contributed by atoms with Crippen LogP contribution in [0.4, 0.5) is 5.69 Å². The fraction of sp³-hybridized carbons (Fsp3) is 0.538. The van der Waals surface area contributed by atoms with Crippen LogP contribution in [-0.2, 0) is 10.0 Å². The minimum Gasteiger partial charge on any atom is -0.495 e. The lowest BCUT2D eigenvalue weighted by atomic mass is 9.93. The largest absolute Gasteiger partial charge is 0.495 e. The van der Waals surface area contributed by atoms with Crippen molar-refractivity contribution in [1.82, 2.24) is 4.72 Å². The van der Waals surface area contributed by atoms with Crippen LogP contribution in [0.3, 0.4) is 0 Å². The van der Waals surface area contributed by atoms with Crippen molar-refractivity contribution in [1.29, 1.82) is 0 Å². The zero-order valence-corrected chi connectivity index (χ0v) is 12.2. The normalized spacial score (nSPS) is 23.5. The summed E-state index contributed by atoms with van der Waals surface area (Å²) in [6.45, 7) is 0. The maximum Gasteiger partial charge on any atom is 0.241 e. The van der Waals surface area contributed by atoms with E-state index in [-0.39, 0.29) is 4.90 Å². The van der Waals surface area contributed by atoms with Crippen molar-refractivity contribution in [3.8, 4) is 5.75 Å². The molecule has 20 heavy (non-hydrogen) atoms. The number of nitrogen functional groups attached to an aromatic ring is 1. The van der Waals surface area contributed by atoms with Crippen molar-refractivity contribution >= 4 is 15.7 Å². The molecule has 4 N–H and O–H groups in total. The summed E-state index contributed by atoms with van der Waals surface area (Å²) in [5, 5.41) is 9.85. The number of benzene rings is 1. The Balaban J connectivity index is 2.21. The van der Waals surface area contributed by atoms with E-state index in [2.05, 4.69) is 4.72 Å². The molecule has 2 rings (SSSR count). The van der Waals surface area contributed by atoms with Gasteiger partial charge in [0.2, 0.25) is 10.0 Å². The molecule has 0 aliphatic heterocycles. The number of aliphatic hydroxyl groups is 1. The van der Waals surface area contributed by atoms with Crippen molar-refractivity contribution < 1.29 is 18.3 Å². The van der Waals surface area contributed by atoms with E-state index in [1.54, 1.807) is 0 Å². The number of hydrogen-bond donors (Lipinski definition) is 3. The number of rotatable bonds is 4. The van der Waals surface area contributed by atoms with Gasteiger partial charge in [0.1, 0.15) is 5.75 Å². The average molecular weight is 300 g/mol. The molecule has 0 amide bonds. The van der Waals surface area contributed by atoms with Gasteiger partial charge in [0.05, 0.1) is 23.8 Å². The van der Waals surface area contributed by atoms with Gasteiger partial charge in [-0.25, -0.2) is 13.1 Å². The topological polar surface area (TPSA) is 102 Å². The maximum absolute atomic E-state index is 12.3. The van der Waals surface area contributed by atoms with E-state index in [1.807, 2.05) is 0 Å². The Bertz CT molecular complexity index is 574. The van der Waals surface area contributed by atoms with E-state index >= 15 is 0 Å². The fourth-order valence-corrected chi connectivity index (χ4v) is 3.69. The molecule has 0 radical (unpaired) electrons. The first-order valence-electron chi connectivity index (χ1n) is 6.58. The highest BCUT2D eigenvalue weighted by atomic mass is 32.2. The molecule has 0 bridgehead atoms. The maximum atomic E-state index is 12.3. The molecule has 0 spiro atoms. The van der Waals surface area contributed by atoms with Crippen LogP contribution < -0.4 is 15.2 Å². The van der Waals surface area contributed by atoms with Crippen LogP contribution >= 0.6 is 0 Å². The van der Waals surface area contributed by atoms with Gasteiger partial charge >= 0.3 is 0 Å². The van der Waals surface area contributed by atoms with Gasteiger partial charge in [-0.2, -0.15) is 0 Å². The molecule has 2 atom stereocenters. The molecular formula is C13H20N2O4S. The summed E-state index contributed by atoms with van der Waals surface area (Å²) in [5.41, 5.74) is 6.05. The first kappa shape index (κ1) is 15.1. The van der Waals surface area contributed by atoms with Gasteiger partial charge in [-0.05, 0) is 25.0 Å². The summed E-state index contributed by atoms with van der Waals surface area (Å²) in [6, 6.07) is 3.87. The molecule has 7 heteroatoms. The van der Waals surface area contributed by atoms with Gasteiger partial charge in [0.25, 0.3) is 0 Å². The lowest BCUT2D eigenvalue weighted by molar-refractivity contribution is 0.101. The first-order chi connectivity index (χ1) is 9.44. The number of methoxy groups -OCH3 is 1. The van der Waals surface area contributed by atoms with E-state index in [4.69, 9.17) is 10.5 Å². The molecule has 2 unspecified atom stereocenters. The van der Waals surface area contributed by atoms with Gasteiger partial charge in [0.15, 0.2) is 0 Å². The highest BCUT2D eigenvalue weighted by Gasteiger charge is 2.28. The third-order valence-corrected chi connectivity index (χ3v) is 5.04. The van der Waals surface area contributed by atoms with Gasteiger partial charge in [0, 0.05) is 12.1 Å². The number of hydrogen-bond acceptors (Lipinski definition) is 5. The Kier molecular flexibility index (Phi) is 4.52. The summed E-state index contributed by atoms with van der Waals surface area (Å²) in [7, 11) is -2.26. The number of aliphatic hydroxyl groups excluding tert-OH is 1. The molecule has 1 aromatic rings. The summed E-state index contributed by atoms with van der Waals surface area (Å²) in [5.74, 6) is 0.317. The van der Waals surface area contributed by atoms with Crippen LogP contribution in [0, 0.1) is 0 Å². The molecule has 1 fully saturated rings. The third-order valence-electron chi connectivity index (χ3n) is 3.55. The predicted molar refractivity (Wildman–Crippen MR) is 76.0 cm³/mol. The zero-order valence-electron chi connectivity index (χ0n) is 11.4. The Hall–Kier alpha value is -1.31. The molecule has 112 valence electrons. The predicted octanol–water partition coefficient (Wildman–Crippen LogP) is 0.859. The molecular weight excluding hydrogens is 280 g/mol. The third kappa shape index (κ3) is 3.23. The van der Waals surface area contributed by atoms with Crippen molar-refractivity contribution in [3.63, 3.8) is 0 Å². The second kappa shape index (κ2) is 5.99. The second-order valence-electron chi connectivity index (χ2n) is 4.98.